The summed E-state index contributed by atoms with van der Waals surface area (Å²) in [5, 5.41) is 11.0. The maximum absolute atomic E-state index is 11.7. The third-order valence-electron chi connectivity index (χ3n) is 6.02. The van der Waals surface area contributed by atoms with E-state index in [1.165, 1.54) is 11.8 Å². The van der Waals surface area contributed by atoms with Crippen LogP contribution in [0.1, 0.15) is 11.1 Å². The molecule has 7 nitrogen and oxygen atoms in total. The third kappa shape index (κ3) is 5.51. The first kappa shape index (κ1) is 24.8. The normalized spacial score (nSPS) is 15.5. The number of nitrogens with zero attached hydrogens (tertiary/aromatic N) is 4. The second kappa shape index (κ2) is 10.5. The molecule has 0 atom stereocenters. The van der Waals surface area contributed by atoms with E-state index in [1.807, 2.05) is 16.8 Å². The van der Waals surface area contributed by atoms with E-state index < -0.39 is 10.0 Å². The van der Waals surface area contributed by atoms with Gasteiger partial charge in [-0.05, 0) is 42.3 Å². The van der Waals surface area contributed by atoms with Crippen molar-refractivity contribution in [2.45, 2.75) is 6.42 Å². The molecule has 0 radical (unpaired) electrons. The molecule has 0 amide bonds. The Kier molecular flexibility index (Phi) is 7.70. The number of benzene rings is 2. The predicted molar refractivity (Wildman–Crippen MR) is 136 cm³/mol. The summed E-state index contributed by atoms with van der Waals surface area (Å²) in [7, 11) is -3.11. The minimum atomic E-state index is -3.11. The standard InChI is InChI=1S/C24H26Cl2N4O3S/c1-34(31,32)29-11-9-28(10-12-29)7-4-18-2-3-23-19(14-18)5-8-30(23)21-15-20(17-27)24(22(26)16-21)33-13-6-25/h2-3,5,8,14-16H,4,6-7,9-13H2,1H3. The van der Waals surface area contributed by atoms with Crippen LogP contribution in [0.3, 0.4) is 0 Å². The van der Waals surface area contributed by atoms with Gasteiger partial charge in [-0.1, -0.05) is 17.7 Å². The number of piperazine rings is 1. The van der Waals surface area contributed by atoms with Gasteiger partial charge < -0.3 is 14.2 Å². The maximum atomic E-state index is 11.7. The molecule has 0 aliphatic carbocycles. The lowest BCUT2D eigenvalue weighted by molar-refractivity contribution is 0.191. The summed E-state index contributed by atoms with van der Waals surface area (Å²) < 4.78 is 32.5. The van der Waals surface area contributed by atoms with Crippen LogP contribution in [0.15, 0.2) is 42.6 Å². The molecule has 1 aliphatic heterocycles. The number of alkyl halides is 1. The average Bonchev–Trinajstić information content (AvgIpc) is 3.24. The summed E-state index contributed by atoms with van der Waals surface area (Å²) in [5.41, 5.74) is 3.38. The van der Waals surface area contributed by atoms with Crippen molar-refractivity contribution in [3.05, 3.63) is 58.7 Å². The molecule has 4 rings (SSSR count). The van der Waals surface area contributed by atoms with Gasteiger partial charge in [-0.15, -0.1) is 11.6 Å². The fourth-order valence-electron chi connectivity index (χ4n) is 4.23. The zero-order valence-electron chi connectivity index (χ0n) is 18.9. The molecule has 0 N–H and O–H groups in total. The molecule has 1 fully saturated rings. The molecule has 34 heavy (non-hydrogen) atoms. The van der Waals surface area contributed by atoms with Gasteiger partial charge in [0.2, 0.25) is 10.0 Å². The Morgan fingerprint density at radius 2 is 1.88 bits per heavy atom. The average molecular weight is 521 g/mol. The maximum Gasteiger partial charge on any atom is 0.211 e. The molecule has 3 aromatic rings. The Balaban J connectivity index is 1.48. The van der Waals surface area contributed by atoms with Crippen molar-refractivity contribution < 1.29 is 13.2 Å². The van der Waals surface area contributed by atoms with Crippen molar-refractivity contribution in [2.75, 3.05) is 51.5 Å². The summed E-state index contributed by atoms with van der Waals surface area (Å²) in [4.78, 5) is 2.30. The second-order valence-corrected chi connectivity index (χ2v) is 11.1. The molecule has 180 valence electrons. The summed E-state index contributed by atoms with van der Waals surface area (Å²) in [6.45, 7) is 3.75. The topological polar surface area (TPSA) is 78.6 Å². The van der Waals surface area contributed by atoms with Crippen molar-refractivity contribution in [1.29, 1.82) is 5.26 Å². The zero-order valence-corrected chi connectivity index (χ0v) is 21.2. The highest BCUT2D eigenvalue weighted by Gasteiger charge is 2.23. The zero-order chi connectivity index (χ0) is 24.3. The van der Waals surface area contributed by atoms with Gasteiger partial charge in [0, 0.05) is 50.0 Å². The van der Waals surface area contributed by atoms with E-state index in [4.69, 9.17) is 27.9 Å². The van der Waals surface area contributed by atoms with E-state index in [2.05, 4.69) is 29.2 Å². The van der Waals surface area contributed by atoms with Crippen LogP contribution >= 0.6 is 23.2 Å². The van der Waals surface area contributed by atoms with Crippen LogP contribution in [0, 0.1) is 11.3 Å². The van der Waals surface area contributed by atoms with Gasteiger partial charge in [-0.2, -0.15) is 9.57 Å². The molecule has 2 aromatic carbocycles. The molecule has 0 spiro atoms. The van der Waals surface area contributed by atoms with Gasteiger partial charge in [0.15, 0.2) is 5.75 Å². The van der Waals surface area contributed by atoms with E-state index in [-0.39, 0.29) is 6.61 Å². The van der Waals surface area contributed by atoms with Crippen molar-refractivity contribution >= 4 is 44.1 Å². The Hall–Kier alpha value is -2.28. The van der Waals surface area contributed by atoms with Crippen LogP contribution < -0.4 is 4.74 Å². The molecule has 1 saturated heterocycles. The monoisotopic (exact) mass is 520 g/mol. The van der Waals surface area contributed by atoms with Crippen LogP contribution in [0.4, 0.5) is 0 Å². The second-order valence-electron chi connectivity index (χ2n) is 8.29. The fourth-order valence-corrected chi connectivity index (χ4v) is 5.41. The minimum Gasteiger partial charge on any atom is -0.489 e. The Labute approximate surface area is 210 Å². The third-order valence-corrected chi connectivity index (χ3v) is 7.76. The Morgan fingerprint density at radius 3 is 2.56 bits per heavy atom. The van der Waals surface area contributed by atoms with Crippen LogP contribution in [-0.2, 0) is 16.4 Å². The van der Waals surface area contributed by atoms with Gasteiger partial charge in [-0.3, -0.25) is 0 Å². The van der Waals surface area contributed by atoms with Crippen molar-refractivity contribution in [1.82, 2.24) is 13.8 Å². The molecule has 1 aliphatic rings. The molecule has 0 bridgehead atoms. The molecule has 1 aromatic heterocycles. The quantitative estimate of drug-likeness (QED) is 0.421. The molecule has 10 heteroatoms. The number of hydrogen-bond donors (Lipinski definition) is 0. The van der Waals surface area contributed by atoms with Gasteiger partial charge in [-0.25, -0.2) is 8.42 Å². The number of rotatable bonds is 8. The molecule has 2 heterocycles. The van der Waals surface area contributed by atoms with Gasteiger partial charge in [0.1, 0.15) is 12.7 Å². The summed E-state index contributed by atoms with van der Waals surface area (Å²) in [5.74, 6) is 0.661. The van der Waals surface area contributed by atoms with E-state index >= 15 is 0 Å². The SMILES string of the molecule is CS(=O)(=O)N1CCN(CCc2ccc3c(ccn3-c3cc(Cl)c(OCCCl)c(C#N)c3)c2)CC1. The van der Waals surface area contributed by atoms with E-state index in [1.54, 1.807) is 16.4 Å². The first-order valence-electron chi connectivity index (χ1n) is 11.0. The molecular formula is C24H26Cl2N4O3S. The summed E-state index contributed by atoms with van der Waals surface area (Å²) >= 11 is 12.1. The van der Waals surface area contributed by atoms with Crippen molar-refractivity contribution in [3.8, 4) is 17.5 Å². The lowest BCUT2D eigenvalue weighted by Gasteiger charge is -2.33. The first-order chi connectivity index (χ1) is 16.3. The number of sulfonamides is 1. The highest BCUT2D eigenvalue weighted by atomic mass is 35.5. The largest absolute Gasteiger partial charge is 0.489 e. The summed E-state index contributed by atoms with van der Waals surface area (Å²) in [6.07, 6.45) is 4.12. The van der Waals surface area contributed by atoms with Gasteiger partial charge >= 0.3 is 0 Å². The first-order valence-corrected chi connectivity index (χ1v) is 13.8. The Bertz CT molecular complexity index is 1330. The predicted octanol–water partition coefficient (Wildman–Crippen LogP) is 3.89. The highest BCUT2D eigenvalue weighted by Crippen LogP contribution is 2.33. The number of aromatic nitrogens is 1. The van der Waals surface area contributed by atoms with E-state index in [9.17, 15) is 13.7 Å². The molecule has 0 saturated carbocycles. The number of halogens is 2. The summed E-state index contributed by atoms with van der Waals surface area (Å²) in [6, 6.07) is 14.1. The van der Waals surface area contributed by atoms with Crippen LogP contribution in [-0.4, -0.2) is 73.7 Å². The number of fused-ring (bicyclic) bond motifs is 1. The van der Waals surface area contributed by atoms with Gasteiger partial charge in [0.05, 0.1) is 28.2 Å². The fraction of sp³-hybridized carbons (Fsp3) is 0.375. The molecular weight excluding hydrogens is 495 g/mol. The van der Waals surface area contributed by atoms with E-state index in [0.29, 0.717) is 35.3 Å². The van der Waals surface area contributed by atoms with E-state index in [0.717, 1.165) is 42.6 Å². The van der Waals surface area contributed by atoms with Gasteiger partial charge in [0.25, 0.3) is 0 Å². The lowest BCUT2D eigenvalue weighted by atomic mass is 10.1. The smallest absolute Gasteiger partial charge is 0.211 e. The van der Waals surface area contributed by atoms with Crippen molar-refractivity contribution in [2.24, 2.45) is 0 Å². The number of hydrogen-bond acceptors (Lipinski definition) is 5. The number of ether oxygens (including phenoxy) is 1. The molecule has 0 unspecified atom stereocenters. The highest BCUT2D eigenvalue weighted by molar-refractivity contribution is 7.88. The van der Waals surface area contributed by atoms with Crippen molar-refractivity contribution in [3.63, 3.8) is 0 Å². The lowest BCUT2D eigenvalue weighted by Crippen LogP contribution is -2.48. The van der Waals surface area contributed by atoms with Crippen LogP contribution in [0.2, 0.25) is 5.02 Å². The minimum absolute atomic E-state index is 0.276. The van der Waals surface area contributed by atoms with Crippen LogP contribution in [0.25, 0.3) is 16.6 Å². The number of nitriles is 1. The Morgan fingerprint density at radius 1 is 1.12 bits per heavy atom. The van der Waals surface area contributed by atoms with Crippen LogP contribution in [0.5, 0.6) is 5.75 Å².